The molecule has 1 heterocycles. The first-order valence-electron chi connectivity index (χ1n) is 8.71. The lowest BCUT2D eigenvalue weighted by atomic mass is 10.2. The van der Waals surface area contributed by atoms with Gasteiger partial charge in [0.1, 0.15) is 18.2 Å². The number of hydrogen-bond acceptors (Lipinski definition) is 3. The molecular formula is C20H24FN3O2. The zero-order valence-corrected chi connectivity index (χ0v) is 15.2. The van der Waals surface area contributed by atoms with Crippen LogP contribution in [0, 0.1) is 5.82 Å². The molecule has 2 aromatic rings. The van der Waals surface area contributed by atoms with Crippen LogP contribution in [0.25, 0.3) is 0 Å². The van der Waals surface area contributed by atoms with Gasteiger partial charge >= 0.3 is 6.03 Å². The Hall–Kier alpha value is -2.76. The van der Waals surface area contributed by atoms with E-state index >= 15 is 0 Å². The predicted molar refractivity (Wildman–Crippen MR) is 100 cm³/mol. The van der Waals surface area contributed by atoms with Crippen molar-refractivity contribution in [3.8, 4) is 5.75 Å². The Bertz CT molecular complexity index is 758. The number of rotatable bonds is 4. The average Bonchev–Trinajstić information content (AvgIpc) is 2.66. The van der Waals surface area contributed by atoms with Crippen LogP contribution in [0.1, 0.15) is 5.56 Å². The Labute approximate surface area is 153 Å². The predicted octanol–water partition coefficient (Wildman–Crippen LogP) is 3.21. The molecule has 0 atom stereocenters. The lowest BCUT2D eigenvalue weighted by Gasteiger charge is -2.37. The van der Waals surface area contributed by atoms with Crippen LogP contribution in [-0.2, 0) is 6.61 Å². The van der Waals surface area contributed by atoms with Gasteiger partial charge in [-0.15, -0.1) is 0 Å². The number of hydrogen-bond donors (Lipinski definition) is 0. The first-order valence-corrected chi connectivity index (χ1v) is 8.71. The lowest BCUT2D eigenvalue weighted by Crippen LogP contribution is -2.51. The van der Waals surface area contributed by atoms with Gasteiger partial charge in [-0.1, -0.05) is 18.2 Å². The lowest BCUT2D eigenvalue weighted by molar-refractivity contribution is 0.168. The van der Waals surface area contributed by atoms with E-state index in [2.05, 4.69) is 4.90 Å². The number of benzene rings is 2. The van der Waals surface area contributed by atoms with Crippen molar-refractivity contribution < 1.29 is 13.9 Å². The summed E-state index contributed by atoms with van der Waals surface area (Å²) < 4.78 is 19.0. The molecule has 2 amide bonds. The van der Waals surface area contributed by atoms with Crippen molar-refractivity contribution in [1.29, 1.82) is 0 Å². The smallest absolute Gasteiger partial charge is 0.319 e. The van der Waals surface area contributed by atoms with Crippen molar-refractivity contribution in [2.75, 3.05) is 45.2 Å². The fraction of sp³-hybridized carbons (Fsp3) is 0.350. The summed E-state index contributed by atoms with van der Waals surface area (Å²) in [5, 5.41) is 0. The van der Waals surface area contributed by atoms with E-state index in [9.17, 15) is 9.18 Å². The molecule has 0 bridgehead atoms. The molecule has 0 saturated carbocycles. The third-order valence-electron chi connectivity index (χ3n) is 4.41. The number of ether oxygens (including phenoxy) is 1. The van der Waals surface area contributed by atoms with Crippen LogP contribution < -0.4 is 9.64 Å². The van der Waals surface area contributed by atoms with Crippen LogP contribution in [0.5, 0.6) is 5.75 Å². The van der Waals surface area contributed by atoms with Gasteiger partial charge in [0.2, 0.25) is 0 Å². The Morgan fingerprint density at radius 1 is 1.08 bits per heavy atom. The van der Waals surface area contributed by atoms with Crippen LogP contribution in [0.2, 0.25) is 0 Å². The highest BCUT2D eigenvalue weighted by Crippen LogP contribution is 2.23. The summed E-state index contributed by atoms with van der Waals surface area (Å²) in [4.78, 5) is 17.7. The summed E-state index contributed by atoms with van der Waals surface area (Å²) in [5.74, 6) is 0.489. The quantitative estimate of drug-likeness (QED) is 0.843. The van der Waals surface area contributed by atoms with Crippen molar-refractivity contribution >= 4 is 11.7 Å². The summed E-state index contributed by atoms with van der Waals surface area (Å²) in [7, 11) is 3.54. The van der Waals surface area contributed by atoms with Gasteiger partial charge in [-0.25, -0.2) is 9.18 Å². The molecule has 0 spiro atoms. The molecule has 2 aromatic carbocycles. The molecule has 1 aliphatic heterocycles. The Kier molecular flexibility index (Phi) is 5.61. The Balaban J connectivity index is 1.58. The van der Waals surface area contributed by atoms with Gasteiger partial charge in [-0.3, -0.25) is 0 Å². The van der Waals surface area contributed by atoms with E-state index in [0.29, 0.717) is 19.7 Å². The van der Waals surface area contributed by atoms with Crippen LogP contribution in [0.4, 0.5) is 14.9 Å². The normalized spacial score (nSPS) is 14.3. The summed E-state index contributed by atoms with van der Waals surface area (Å²) in [6.45, 7) is 3.29. The first-order chi connectivity index (χ1) is 12.5. The number of carbonyl (C=O) groups excluding carboxylic acids is 1. The van der Waals surface area contributed by atoms with Crippen molar-refractivity contribution in [3.63, 3.8) is 0 Å². The van der Waals surface area contributed by atoms with Gasteiger partial charge in [0.15, 0.2) is 0 Å². The molecule has 6 heteroatoms. The van der Waals surface area contributed by atoms with Gasteiger partial charge in [0.25, 0.3) is 0 Å². The zero-order valence-electron chi connectivity index (χ0n) is 15.2. The molecular weight excluding hydrogens is 333 g/mol. The molecule has 3 rings (SSSR count). The molecule has 0 aromatic heterocycles. The minimum Gasteiger partial charge on any atom is -0.489 e. The molecule has 5 nitrogen and oxygen atoms in total. The largest absolute Gasteiger partial charge is 0.489 e. The number of amides is 2. The molecule has 0 unspecified atom stereocenters. The van der Waals surface area contributed by atoms with Crippen LogP contribution in [0.3, 0.4) is 0 Å². The average molecular weight is 357 g/mol. The molecule has 0 aliphatic carbocycles. The van der Waals surface area contributed by atoms with Crippen molar-refractivity contribution in [3.05, 3.63) is 59.9 Å². The van der Waals surface area contributed by atoms with Gasteiger partial charge < -0.3 is 19.4 Å². The third kappa shape index (κ3) is 4.45. The van der Waals surface area contributed by atoms with Gasteiger partial charge in [0.05, 0.1) is 0 Å². The summed E-state index contributed by atoms with van der Waals surface area (Å²) in [6.07, 6.45) is 0. The van der Waals surface area contributed by atoms with Gasteiger partial charge in [-0.2, -0.15) is 0 Å². The van der Waals surface area contributed by atoms with Crippen molar-refractivity contribution in [2.24, 2.45) is 0 Å². The van der Waals surface area contributed by atoms with Crippen LogP contribution >= 0.6 is 0 Å². The minimum absolute atomic E-state index is 0.0526. The number of urea groups is 1. The highest BCUT2D eigenvalue weighted by atomic mass is 19.1. The monoisotopic (exact) mass is 357 g/mol. The molecule has 26 heavy (non-hydrogen) atoms. The third-order valence-corrected chi connectivity index (χ3v) is 4.41. The number of anilines is 1. The Morgan fingerprint density at radius 3 is 2.50 bits per heavy atom. The van der Waals surface area contributed by atoms with E-state index in [4.69, 9.17) is 4.74 Å². The second-order valence-corrected chi connectivity index (χ2v) is 6.57. The number of halogens is 1. The molecule has 138 valence electrons. The maximum Gasteiger partial charge on any atom is 0.319 e. The SMILES string of the molecule is CN(C)C(=O)N1CCN(c2cccc(OCc3cccc(F)c3)c2)CC1. The summed E-state index contributed by atoms with van der Waals surface area (Å²) >= 11 is 0. The van der Waals surface area contributed by atoms with E-state index in [0.717, 1.165) is 30.1 Å². The summed E-state index contributed by atoms with van der Waals surface area (Å²) in [6, 6.07) is 14.4. The fourth-order valence-corrected chi connectivity index (χ4v) is 3.00. The minimum atomic E-state index is -0.259. The van der Waals surface area contributed by atoms with Crippen LogP contribution in [-0.4, -0.2) is 56.1 Å². The standard InChI is InChI=1S/C20H24FN3O2/c1-22(2)20(25)24-11-9-23(10-12-24)18-7-4-8-19(14-18)26-15-16-5-3-6-17(21)13-16/h3-8,13-14H,9-12,15H2,1-2H3. The second-order valence-electron chi connectivity index (χ2n) is 6.57. The van der Waals surface area contributed by atoms with Gasteiger partial charge in [-0.05, 0) is 29.8 Å². The van der Waals surface area contributed by atoms with Crippen molar-refractivity contribution in [1.82, 2.24) is 9.80 Å². The zero-order chi connectivity index (χ0) is 18.5. The molecule has 1 fully saturated rings. The molecule has 1 aliphatic rings. The van der Waals surface area contributed by atoms with E-state index in [-0.39, 0.29) is 11.8 Å². The van der Waals surface area contributed by atoms with Crippen molar-refractivity contribution in [2.45, 2.75) is 6.61 Å². The highest BCUT2D eigenvalue weighted by molar-refractivity contribution is 5.74. The summed E-state index contributed by atoms with van der Waals surface area (Å²) in [5.41, 5.74) is 1.87. The van der Waals surface area contributed by atoms with E-state index in [1.54, 1.807) is 25.1 Å². The molecule has 0 radical (unpaired) electrons. The molecule has 0 N–H and O–H groups in total. The Morgan fingerprint density at radius 2 is 1.81 bits per heavy atom. The topological polar surface area (TPSA) is 36.0 Å². The second kappa shape index (κ2) is 8.08. The van der Waals surface area contributed by atoms with Gasteiger partial charge in [0, 0.05) is 52.0 Å². The number of piperazine rings is 1. The highest BCUT2D eigenvalue weighted by Gasteiger charge is 2.22. The fourth-order valence-electron chi connectivity index (χ4n) is 3.00. The first kappa shape index (κ1) is 18.0. The van der Waals surface area contributed by atoms with E-state index in [1.807, 2.05) is 35.2 Å². The number of carbonyl (C=O) groups is 1. The van der Waals surface area contributed by atoms with E-state index in [1.165, 1.54) is 12.1 Å². The molecule has 1 saturated heterocycles. The van der Waals surface area contributed by atoms with E-state index < -0.39 is 0 Å². The maximum absolute atomic E-state index is 13.2. The maximum atomic E-state index is 13.2. The van der Waals surface area contributed by atoms with Crippen LogP contribution in [0.15, 0.2) is 48.5 Å². The number of nitrogens with zero attached hydrogens (tertiary/aromatic N) is 3.